The van der Waals surface area contributed by atoms with Gasteiger partial charge in [0.2, 0.25) is 5.91 Å². The Morgan fingerprint density at radius 2 is 1.59 bits per heavy atom. The van der Waals surface area contributed by atoms with Gasteiger partial charge in [0.15, 0.2) is 17.1 Å². The summed E-state index contributed by atoms with van der Waals surface area (Å²) in [5.41, 5.74) is 1.78. The van der Waals surface area contributed by atoms with E-state index in [-0.39, 0.29) is 17.8 Å². The molecule has 1 amide bonds. The van der Waals surface area contributed by atoms with Crippen molar-refractivity contribution in [3.63, 3.8) is 0 Å². The highest BCUT2D eigenvalue weighted by molar-refractivity contribution is 7.99. The number of thiophene rings is 1. The Hall–Kier alpha value is -4.03. The van der Waals surface area contributed by atoms with Crippen LogP contribution in [0.2, 0.25) is 0 Å². The summed E-state index contributed by atoms with van der Waals surface area (Å²) in [4.78, 5) is 25.4. The van der Waals surface area contributed by atoms with Crippen LogP contribution in [-0.4, -0.2) is 53.7 Å². The molecule has 0 aliphatic heterocycles. The summed E-state index contributed by atoms with van der Waals surface area (Å²) in [5, 5.41) is 14.1. The Morgan fingerprint density at radius 1 is 0.974 bits per heavy atom. The molecule has 0 aliphatic rings. The molecule has 39 heavy (non-hydrogen) atoms. The van der Waals surface area contributed by atoms with Crippen molar-refractivity contribution in [3.8, 4) is 28.4 Å². The molecule has 2 heterocycles. The Morgan fingerprint density at radius 3 is 2.21 bits per heavy atom. The van der Waals surface area contributed by atoms with E-state index in [1.165, 1.54) is 30.2 Å². The lowest BCUT2D eigenvalue weighted by atomic mass is 10.0. The number of esters is 1. The monoisotopic (exact) mass is 568 g/mol. The third kappa shape index (κ3) is 6.52. The molecule has 2 aromatic carbocycles. The number of rotatable bonds is 11. The lowest BCUT2D eigenvalue weighted by molar-refractivity contribution is -0.113. The van der Waals surface area contributed by atoms with Gasteiger partial charge in [0.05, 0.1) is 27.1 Å². The normalized spacial score (nSPS) is 11.5. The van der Waals surface area contributed by atoms with Gasteiger partial charge in [0.1, 0.15) is 27.8 Å². The van der Waals surface area contributed by atoms with Crippen LogP contribution in [0.25, 0.3) is 11.1 Å². The number of nitrogens with zero attached hydrogens (tertiary/aromatic N) is 3. The van der Waals surface area contributed by atoms with E-state index in [0.29, 0.717) is 38.6 Å². The molecule has 0 fully saturated rings. The third-order valence-corrected chi connectivity index (χ3v) is 7.69. The van der Waals surface area contributed by atoms with E-state index < -0.39 is 5.97 Å². The van der Waals surface area contributed by atoms with Gasteiger partial charge in [-0.05, 0) is 48.9 Å². The molecule has 1 unspecified atom stereocenters. The fourth-order valence-corrected chi connectivity index (χ4v) is 5.44. The first kappa shape index (κ1) is 28.0. The molecule has 4 aromatic rings. The number of carbonyl (C=O) groups excluding carboxylic acids is 2. The molecule has 1 N–H and O–H groups in total. The minimum absolute atomic E-state index is 0.0655. The number of anilines is 1. The zero-order valence-corrected chi connectivity index (χ0v) is 23.7. The molecular formula is C27H28N4O6S2. The van der Waals surface area contributed by atoms with Crippen LogP contribution in [0.4, 0.5) is 5.00 Å². The Bertz CT molecular complexity index is 1430. The second-order valence-corrected chi connectivity index (χ2v) is 10.1. The van der Waals surface area contributed by atoms with E-state index >= 15 is 0 Å². The highest BCUT2D eigenvalue weighted by Crippen LogP contribution is 2.37. The summed E-state index contributed by atoms with van der Waals surface area (Å²) < 4.78 is 23.2. The van der Waals surface area contributed by atoms with Gasteiger partial charge in [0, 0.05) is 18.0 Å². The third-order valence-electron chi connectivity index (χ3n) is 5.77. The van der Waals surface area contributed by atoms with Crippen LogP contribution in [0.15, 0.2) is 59.1 Å². The summed E-state index contributed by atoms with van der Waals surface area (Å²) in [6, 6.07) is 14.6. The van der Waals surface area contributed by atoms with Crippen LogP contribution in [-0.2, 0) is 16.6 Å². The molecule has 0 radical (unpaired) electrons. The highest BCUT2D eigenvalue weighted by Gasteiger charge is 2.23. The Labute approximate surface area is 234 Å². The minimum atomic E-state index is -0.534. The van der Waals surface area contributed by atoms with Gasteiger partial charge in [-0.15, -0.1) is 21.5 Å². The minimum Gasteiger partial charge on any atom is -0.497 e. The van der Waals surface area contributed by atoms with Crippen LogP contribution in [0.1, 0.15) is 29.2 Å². The van der Waals surface area contributed by atoms with Crippen molar-refractivity contribution in [3.05, 3.63) is 65.3 Å². The summed E-state index contributed by atoms with van der Waals surface area (Å²) in [7, 11) is 6.32. The van der Waals surface area contributed by atoms with E-state index in [1.807, 2.05) is 55.7 Å². The number of thioether (sulfide) groups is 1. The fraction of sp³-hybridized carbons (Fsp3) is 0.259. The Balaban J connectivity index is 1.41. The van der Waals surface area contributed by atoms with Gasteiger partial charge in [-0.25, -0.2) is 4.79 Å². The van der Waals surface area contributed by atoms with Crippen LogP contribution in [0.3, 0.4) is 0 Å². The number of amides is 1. The van der Waals surface area contributed by atoms with E-state index in [1.54, 1.807) is 30.9 Å². The lowest BCUT2D eigenvalue weighted by Gasteiger charge is -2.14. The van der Waals surface area contributed by atoms with Gasteiger partial charge in [-0.3, -0.25) is 4.79 Å². The number of nitrogens with one attached hydrogen (secondary N) is 1. The van der Waals surface area contributed by atoms with Crippen molar-refractivity contribution in [1.29, 1.82) is 0 Å². The molecular weight excluding hydrogens is 540 g/mol. The first-order chi connectivity index (χ1) is 18.8. The summed E-state index contributed by atoms with van der Waals surface area (Å²) in [5.74, 6) is 1.97. The molecule has 4 rings (SSSR count). The highest BCUT2D eigenvalue weighted by atomic mass is 32.2. The van der Waals surface area contributed by atoms with E-state index in [0.717, 1.165) is 11.3 Å². The number of hydrogen-bond acceptors (Lipinski definition) is 10. The average Bonchev–Trinajstić information content (AvgIpc) is 3.55. The van der Waals surface area contributed by atoms with Crippen molar-refractivity contribution in [1.82, 2.24) is 14.8 Å². The van der Waals surface area contributed by atoms with Crippen LogP contribution in [0, 0.1) is 0 Å². The smallest absolute Gasteiger partial charge is 0.341 e. The molecule has 0 spiro atoms. The van der Waals surface area contributed by atoms with Gasteiger partial charge in [-0.2, -0.15) is 0 Å². The molecule has 0 aliphatic carbocycles. The molecule has 2 aromatic heterocycles. The lowest BCUT2D eigenvalue weighted by Crippen LogP contribution is -2.16. The van der Waals surface area contributed by atoms with Crippen molar-refractivity contribution in [2.75, 3.05) is 32.4 Å². The molecule has 12 heteroatoms. The van der Waals surface area contributed by atoms with Crippen molar-refractivity contribution in [2.45, 2.75) is 18.2 Å². The predicted molar refractivity (Wildman–Crippen MR) is 150 cm³/mol. The molecule has 204 valence electrons. The van der Waals surface area contributed by atoms with Crippen molar-refractivity contribution in [2.24, 2.45) is 7.05 Å². The topological polar surface area (TPSA) is 114 Å². The summed E-state index contributed by atoms with van der Waals surface area (Å²) in [6.45, 7) is 1.88. The second-order valence-electron chi connectivity index (χ2n) is 8.25. The van der Waals surface area contributed by atoms with Gasteiger partial charge < -0.3 is 28.8 Å². The zero-order valence-electron chi connectivity index (χ0n) is 22.1. The summed E-state index contributed by atoms with van der Waals surface area (Å²) in [6.07, 6.45) is -0.371. The standard InChI is InChI=1S/C27H28N4O6S2/c1-16(37-20-12-10-19(35-4)11-13-20)24-29-30-27(31(24)2)39-15-22(32)28-25-23(26(33)36-5)21(14-38-25)17-6-8-18(34-3)9-7-17/h6-14,16H,15H2,1-5H3,(H,28,32). The number of aromatic nitrogens is 3. The van der Waals surface area contributed by atoms with Crippen molar-refractivity contribution < 1.29 is 28.5 Å². The number of benzene rings is 2. The molecule has 10 nitrogen and oxygen atoms in total. The first-order valence-corrected chi connectivity index (χ1v) is 13.7. The van der Waals surface area contributed by atoms with Crippen LogP contribution in [0.5, 0.6) is 17.2 Å². The van der Waals surface area contributed by atoms with E-state index in [4.69, 9.17) is 18.9 Å². The van der Waals surface area contributed by atoms with Gasteiger partial charge in [0.25, 0.3) is 0 Å². The zero-order chi connectivity index (χ0) is 27.9. The molecule has 1 atom stereocenters. The van der Waals surface area contributed by atoms with Crippen LogP contribution >= 0.6 is 23.1 Å². The summed E-state index contributed by atoms with van der Waals surface area (Å²) >= 11 is 2.49. The quantitative estimate of drug-likeness (QED) is 0.192. The molecule has 0 bridgehead atoms. The number of carbonyl (C=O) groups is 2. The van der Waals surface area contributed by atoms with Gasteiger partial charge >= 0.3 is 5.97 Å². The first-order valence-electron chi connectivity index (χ1n) is 11.8. The SMILES string of the molecule is COC(=O)c1c(-c2ccc(OC)cc2)csc1NC(=O)CSc1nnc(C(C)Oc2ccc(OC)cc2)n1C. The van der Waals surface area contributed by atoms with E-state index in [2.05, 4.69) is 15.5 Å². The maximum Gasteiger partial charge on any atom is 0.341 e. The van der Waals surface area contributed by atoms with Gasteiger partial charge in [-0.1, -0.05) is 23.9 Å². The van der Waals surface area contributed by atoms with E-state index in [9.17, 15) is 9.59 Å². The average molecular weight is 569 g/mol. The number of methoxy groups -OCH3 is 3. The maximum absolute atomic E-state index is 12.8. The number of hydrogen-bond donors (Lipinski definition) is 1. The fourth-order valence-electron chi connectivity index (χ4n) is 3.75. The van der Waals surface area contributed by atoms with Crippen LogP contribution < -0.4 is 19.5 Å². The second kappa shape index (κ2) is 12.7. The number of ether oxygens (including phenoxy) is 4. The van der Waals surface area contributed by atoms with Crippen molar-refractivity contribution >= 4 is 40.0 Å². The Kier molecular flexibility index (Phi) is 9.10. The maximum atomic E-state index is 12.8. The molecule has 0 saturated carbocycles. The molecule has 0 saturated heterocycles. The largest absolute Gasteiger partial charge is 0.497 e. The predicted octanol–water partition coefficient (Wildman–Crippen LogP) is 5.22.